The lowest BCUT2D eigenvalue weighted by Gasteiger charge is -2.12. The van der Waals surface area contributed by atoms with Crippen molar-refractivity contribution in [3.05, 3.63) is 86.2 Å². The van der Waals surface area contributed by atoms with Crippen LogP contribution in [0.4, 0.5) is 17.6 Å². The summed E-state index contributed by atoms with van der Waals surface area (Å²) in [5.74, 6) is -1.30. The Kier molecular flexibility index (Phi) is 6.85. The number of halogens is 7. The molecule has 13 heteroatoms. The summed E-state index contributed by atoms with van der Waals surface area (Å²) >= 11 is 17.9. The lowest BCUT2D eigenvalue weighted by Crippen LogP contribution is -2.08. The van der Waals surface area contributed by atoms with Gasteiger partial charge in [-0.3, -0.25) is 0 Å². The van der Waals surface area contributed by atoms with Gasteiger partial charge < -0.3 is 9.15 Å². The fraction of sp³-hybridized carbons (Fsp3) is 0.0909. The SMILES string of the molecule is N#Cc1cc(Cl)cc(Oc2c(Cl)ccc(Cc3nnc(-c4ccc(C(F)(F)F)nc4Cl)o3)c2F)c1. The van der Waals surface area contributed by atoms with Crippen LogP contribution in [0.3, 0.4) is 0 Å². The van der Waals surface area contributed by atoms with Crippen LogP contribution in [0.5, 0.6) is 11.5 Å². The molecule has 2 heterocycles. The van der Waals surface area contributed by atoms with Crippen LogP contribution >= 0.6 is 34.8 Å². The predicted molar refractivity (Wildman–Crippen MR) is 118 cm³/mol. The maximum atomic E-state index is 15.2. The Hall–Kier alpha value is -3.39. The molecule has 0 bridgehead atoms. The van der Waals surface area contributed by atoms with Gasteiger partial charge in [-0.15, -0.1) is 10.2 Å². The molecule has 4 aromatic rings. The monoisotopic (exact) mass is 542 g/mol. The average Bonchev–Trinajstić information content (AvgIpc) is 3.25. The summed E-state index contributed by atoms with van der Waals surface area (Å²) in [4.78, 5) is 3.30. The van der Waals surface area contributed by atoms with Gasteiger partial charge in [0.1, 0.15) is 16.6 Å². The van der Waals surface area contributed by atoms with Gasteiger partial charge in [0.2, 0.25) is 5.89 Å². The van der Waals surface area contributed by atoms with Gasteiger partial charge in [-0.1, -0.05) is 40.9 Å². The number of hydrogen-bond acceptors (Lipinski definition) is 6. The molecule has 178 valence electrons. The molecule has 0 amide bonds. The van der Waals surface area contributed by atoms with Crippen molar-refractivity contribution in [1.82, 2.24) is 15.2 Å². The van der Waals surface area contributed by atoms with E-state index >= 15 is 4.39 Å². The van der Waals surface area contributed by atoms with Crippen molar-refractivity contribution in [2.45, 2.75) is 12.6 Å². The van der Waals surface area contributed by atoms with Gasteiger partial charge in [-0.2, -0.15) is 18.4 Å². The Labute approximate surface area is 209 Å². The first-order chi connectivity index (χ1) is 16.5. The third kappa shape index (κ3) is 5.48. The minimum absolute atomic E-state index is 0.0201. The fourth-order valence-electron chi connectivity index (χ4n) is 2.96. The molecule has 0 N–H and O–H groups in total. The molecule has 4 rings (SSSR count). The van der Waals surface area contributed by atoms with Crippen LogP contribution in [-0.2, 0) is 12.6 Å². The number of ether oxygens (including phenoxy) is 1. The summed E-state index contributed by atoms with van der Waals surface area (Å²) in [6, 6.07) is 10.6. The summed E-state index contributed by atoms with van der Waals surface area (Å²) in [6.07, 6.45) is -4.87. The maximum absolute atomic E-state index is 15.2. The quantitative estimate of drug-likeness (QED) is 0.191. The van der Waals surface area contributed by atoms with Gasteiger partial charge in [0, 0.05) is 10.6 Å². The van der Waals surface area contributed by atoms with Crippen LogP contribution in [0.1, 0.15) is 22.7 Å². The molecule has 0 spiro atoms. The molecule has 0 fully saturated rings. The standard InChI is InChI=1S/C22H9Cl3F4N4O2/c23-12-5-10(9-30)6-13(8-12)34-19-15(24)3-1-11(18(19)26)7-17-32-33-21(35-17)14-2-4-16(22(27,28)29)31-20(14)25/h1-6,8H,7H2. The van der Waals surface area contributed by atoms with E-state index in [1.807, 2.05) is 6.07 Å². The number of pyridine rings is 1. The molecule has 0 aliphatic carbocycles. The first kappa shape index (κ1) is 24.7. The molecule has 6 nitrogen and oxygen atoms in total. The van der Waals surface area contributed by atoms with Crippen LogP contribution < -0.4 is 4.74 Å². The minimum Gasteiger partial charge on any atom is -0.453 e. The molecule has 0 aliphatic rings. The van der Waals surface area contributed by atoms with E-state index < -0.39 is 22.8 Å². The molecule has 0 unspecified atom stereocenters. The molecule has 2 aromatic carbocycles. The number of aromatic nitrogens is 3. The summed E-state index contributed by atoms with van der Waals surface area (Å²) in [6.45, 7) is 0. The number of benzene rings is 2. The summed E-state index contributed by atoms with van der Waals surface area (Å²) in [5.41, 5.74) is -0.926. The van der Waals surface area contributed by atoms with E-state index in [0.717, 1.165) is 12.1 Å². The molecule has 0 saturated carbocycles. The number of nitriles is 1. The van der Waals surface area contributed by atoms with Crippen LogP contribution in [0.2, 0.25) is 15.2 Å². The Morgan fingerprint density at radius 3 is 2.49 bits per heavy atom. The zero-order valence-electron chi connectivity index (χ0n) is 17.0. The molecular formula is C22H9Cl3F4N4O2. The van der Waals surface area contributed by atoms with Crippen molar-refractivity contribution in [2.75, 3.05) is 0 Å². The number of alkyl halides is 3. The largest absolute Gasteiger partial charge is 0.453 e. The van der Waals surface area contributed by atoms with Gasteiger partial charge in [0.15, 0.2) is 11.6 Å². The van der Waals surface area contributed by atoms with E-state index in [0.29, 0.717) is 0 Å². The van der Waals surface area contributed by atoms with E-state index in [4.69, 9.17) is 49.2 Å². The first-order valence-corrected chi connectivity index (χ1v) is 10.6. The normalized spacial score (nSPS) is 11.4. The second kappa shape index (κ2) is 9.70. The molecule has 0 radical (unpaired) electrons. The van der Waals surface area contributed by atoms with E-state index in [1.54, 1.807) is 0 Å². The van der Waals surface area contributed by atoms with Gasteiger partial charge in [0.05, 0.1) is 28.6 Å². The summed E-state index contributed by atoms with van der Waals surface area (Å²) < 4.78 is 64.6. The number of rotatable bonds is 5. The summed E-state index contributed by atoms with van der Waals surface area (Å²) in [5, 5.41) is 16.3. The van der Waals surface area contributed by atoms with Crippen molar-refractivity contribution in [2.24, 2.45) is 0 Å². The van der Waals surface area contributed by atoms with Crippen LogP contribution in [0, 0.1) is 17.1 Å². The maximum Gasteiger partial charge on any atom is 0.433 e. The van der Waals surface area contributed by atoms with Crippen molar-refractivity contribution >= 4 is 34.8 Å². The highest BCUT2D eigenvalue weighted by atomic mass is 35.5. The zero-order chi connectivity index (χ0) is 25.3. The summed E-state index contributed by atoms with van der Waals surface area (Å²) in [7, 11) is 0. The average molecular weight is 544 g/mol. The smallest absolute Gasteiger partial charge is 0.433 e. The highest BCUT2D eigenvalue weighted by Crippen LogP contribution is 2.36. The van der Waals surface area contributed by atoms with Crippen LogP contribution in [0.15, 0.2) is 46.9 Å². The Balaban J connectivity index is 1.60. The topological polar surface area (TPSA) is 84.8 Å². The second-order valence-corrected chi connectivity index (χ2v) is 8.15. The Morgan fingerprint density at radius 2 is 1.80 bits per heavy atom. The van der Waals surface area contributed by atoms with E-state index in [2.05, 4.69) is 15.2 Å². The Morgan fingerprint density at radius 1 is 1.03 bits per heavy atom. The Bertz CT molecular complexity index is 1470. The first-order valence-electron chi connectivity index (χ1n) is 9.47. The lowest BCUT2D eigenvalue weighted by molar-refractivity contribution is -0.141. The number of nitrogens with zero attached hydrogens (tertiary/aromatic N) is 4. The van der Waals surface area contributed by atoms with Crippen molar-refractivity contribution in [3.8, 4) is 29.0 Å². The predicted octanol–water partition coefficient (Wildman–Crippen LogP) is 7.50. The van der Waals surface area contributed by atoms with Crippen LogP contribution in [0.25, 0.3) is 11.5 Å². The zero-order valence-corrected chi connectivity index (χ0v) is 19.3. The molecule has 35 heavy (non-hydrogen) atoms. The van der Waals surface area contributed by atoms with E-state index in [1.165, 1.54) is 30.3 Å². The third-order valence-electron chi connectivity index (χ3n) is 4.53. The van der Waals surface area contributed by atoms with E-state index in [-0.39, 0.29) is 56.4 Å². The van der Waals surface area contributed by atoms with Crippen molar-refractivity contribution < 1.29 is 26.7 Å². The van der Waals surface area contributed by atoms with Crippen molar-refractivity contribution in [1.29, 1.82) is 5.26 Å². The van der Waals surface area contributed by atoms with Gasteiger partial charge in [0.25, 0.3) is 5.89 Å². The third-order valence-corrected chi connectivity index (χ3v) is 5.33. The van der Waals surface area contributed by atoms with Crippen LogP contribution in [-0.4, -0.2) is 15.2 Å². The molecule has 2 aromatic heterocycles. The highest BCUT2D eigenvalue weighted by molar-refractivity contribution is 6.32. The van der Waals surface area contributed by atoms with Gasteiger partial charge >= 0.3 is 6.18 Å². The molecule has 0 atom stereocenters. The fourth-order valence-corrected chi connectivity index (χ4v) is 3.60. The van der Waals surface area contributed by atoms with Gasteiger partial charge in [-0.05, 0) is 36.4 Å². The lowest BCUT2D eigenvalue weighted by atomic mass is 10.1. The molecular weight excluding hydrogens is 535 g/mol. The highest BCUT2D eigenvalue weighted by Gasteiger charge is 2.33. The number of hydrogen-bond donors (Lipinski definition) is 0. The second-order valence-electron chi connectivity index (χ2n) is 6.95. The van der Waals surface area contributed by atoms with E-state index in [9.17, 15) is 13.2 Å². The van der Waals surface area contributed by atoms with Crippen molar-refractivity contribution in [3.63, 3.8) is 0 Å². The molecule has 0 saturated heterocycles. The molecule has 0 aliphatic heterocycles. The van der Waals surface area contributed by atoms with Gasteiger partial charge in [-0.25, -0.2) is 9.37 Å². The minimum atomic E-state index is -4.67.